The van der Waals surface area contributed by atoms with Crippen LogP contribution in [0.5, 0.6) is 0 Å². The zero-order valence-corrected chi connectivity index (χ0v) is 18.5. The summed E-state index contributed by atoms with van der Waals surface area (Å²) in [6, 6.07) is 21.3. The Morgan fingerprint density at radius 2 is 1.53 bits per heavy atom. The van der Waals surface area contributed by atoms with Gasteiger partial charge in [-0.3, -0.25) is 9.52 Å². The van der Waals surface area contributed by atoms with Crippen LogP contribution in [0.2, 0.25) is 0 Å². The number of sulfonamides is 1. The molecule has 30 heavy (non-hydrogen) atoms. The molecular weight excluding hydrogens is 416 g/mol. The van der Waals surface area contributed by atoms with Crippen molar-refractivity contribution in [3.05, 3.63) is 89.5 Å². The van der Waals surface area contributed by atoms with Crippen LogP contribution < -0.4 is 10.0 Å². The van der Waals surface area contributed by atoms with Crippen LogP contribution in [-0.4, -0.2) is 26.6 Å². The maximum atomic E-state index is 12.5. The first-order valence-electron chi connectivity index (χ1n) is 9.51. The molecule has 0 radical (unpaired) electrons. The molecule has 0 aliphatic carbocycles. The highest BCUT2D eigenvalue weighted by molar-refractivity contribution is 7.99. The predicted molar refractivity (Wildman–Crippen MR) is 123 cm³/mol. The molecule has 0 fully saturated rings. The van der Waals surface area contributed by atoms with E-state index >= 15 is 0 Å². The Bertz CT molecular complexity index is 1110. The zero-order valence-electron chi connectivity index (χ0n) is 16.9. The van der Waals surface area contributed by atoms with Crippen molar-refractivity contribution in [2.24, 2.45) is 0 Å². The highest BCUT2D eigenvalue weighted by Gasteiger charge is 2.15. The molecule has 0 aromatic heterocycles. The summed E-state index contributed by atoms with van der Waals surface area (Å²) in [5, 5.41) is 2.87. The van der Waals surface area contributed by atoms with Gasteiger partial charge in [0, 0.05) is 28.4 Å². The number of benzene rings is 3. The first kappa shape index (κ1) is 21.9. The molecule has 0 heterocycles. The van der Waals surface area contributed by atoms with Gasteiger partial charge in [0.1, 0.15) is 0 Å². The zero-order chi connectivity index (χ0) is 21.6. The van der Waals surface area contributed by atoms with Gasteiger partial charge in [-0.05, 0) is 56.3 Å². The number of nitrogens with one attached hydrogen (secondary N) is 2. The molecule has 5 nitrogen and oxygen atoms in total. The van der Waals surface area contributed by atoms with Gasteiger partial charge in [0.25, 0.3) is 15.9 Å². The van der Waals surface area contributed by atoms with E-state index in [-0.39, 0.29) is 10.8 Å². The highest BCUT2D eigenvalue weighted by Crippen LogP contribution is 2.19. The van der Waals surface area contributed by atoms with Crippen LogP contribution >= 0.6 is 11.8 Å². The first-order chi connectivity index (χ1) is 14.3. The van der Waals surface area contributed by atoms with E-state index in [0.29, 0.717) is 17.8 Å². The topological polar surface area (TPSA) is 75.3 Å². The lowest BCUT2D eigenvalue weighted by molar-refractivity contribution is 0.0956. The smallest absolute Gasteiger partial charge is 0.261 e. The molecule has 0 unspecified atom stereocenters. The number of anilines is 1. The van der Waals surface area contributed by atoms with Crippen LogP contribution in [0.4, 0.5) is 5.69 Å². The molecule has 0 saturated heterocycles. The Morgan fingerprint density at radius 1 is 0.900 bits per heavy atom. The molecule has 156 valence electrons. The van der Waals surface area contributed by atoms with Gasteiger partial charge in [-0.1, -0.05) is 41.5 Å². The molecule has 1 amide bonds. The van der Waals surface area contributed by atoms with Crippen molar-refractivity contribution >= 4 is 33.4 Å². The van der Waals surface area contributed by atoms with Crippen molar-refractivity contribution in [1.29, 1.82) is 0 Å². The molecule has 2 N–H and O–H groups in total. The second-order valence-corrected chi connectivity index (χ2v) is 9.77. The largest absolute Gasteiger partial charge is 0.351 e. The highest BCUT2D eigenvalue weighted by atomic mass is 32.2. The van der Waals surface area contributed by atoms with Gasteiger partial charge >= 0.3 is 0 Å². The van der Waals surface area contributed by atoms with Gasteiger partial charge in [-0.2, -0.15) is 0 Å². The fraction of sp³-hybridized carbons (Fsp3) is 0.174. The summed E-state index contributed by atoms with van der Waals surface area (Å²) in [7, 11) is -3.71. The van der Waals surface area contributed by atoms with Gasteiger partial charge in [0.2, 0.25) is 0 Å². The molecule has 0 spiro atoms. The first-order valence-corrected chi connectivity index (χ1v) is 12.0. The minimum atomic E-state index is -3.71. The van der Waals surface area contributed by atoms with Gasteiger partial charge in [0.15, 0.2) is 0 Å². The van der Waals surface area contributed by atoms with Gasteiger partial charge in [-0.25, -0.2) is 8.42 Å². The van der Waals surface area contributed by atoms with Crippen LogP contribution in [0, 0.1) is 13.8 Å². The normalized spacial score (nSPS) is 11.1. The number of amides is 1. The van der Waals surface area contributed by atoms with Crippen molar-refractivity contribution < 1.29 is 13.2 Å². The number of hydrogen-bond acceptors (Lipinski definition) is 4. The van der Waals surface area contributed by atoms with E-state index in [1.54, 1.807) is 54.2 Å². The van der Waals surface area contributed by atoms with Crippen molar-refractivity contribution in [2.45, 2.75) is 23.6 Å². The number of carbonyl (C=O) groups excluding carboxylic acids is 1. The van der Waals surface area contributed by atoms with Gasteiger partial charge < -0.3 is 5.32 Å². The van der Waals surface area contributed by atoms with Gasteiger partial charge in [0.05, 0.1) is 4.90 Å². The Kier molecular flexibility index (Phi) is 7.18. The van der Waals surface area contributed by atoms with E-state index in [9.17, 15) is 13.2 Å². The third-order valence-corrected chi connectivity index (χ3v) is 6.80. The molecule has 0 saturated carbocycles. The van der Waals surface area contributed by atoms with Crippen LogP contribution in [0.3, 0.4) is 0 Å². The number of aryl methyl sites for hydroxylation is 2. The minimum absolute atomic E-state index is 0.177. The molecule has 0 aliphatic heterocycles. The van der Waals surface area contributed by atoms with Crippen LogP contribution in [-0.2, 0) is 10.0 Å². The Labute approximate surface area is 182 Å². The Hall–Kier alpha value is -2.77. The molecule has 0 atom stereocenters. The molecule has 0 aliphatic rings. The lowest BCUT2D eigenvalue weighted by Gasteiger charge is -2.10. The van der Waals surface area contributed by atoms with Crippen molar-refractivity contribution in [3.8, 4) is 0 Å². The van der Waals surface area contributed by atoms with Crippen LogP contribution in [0.1, 0.15) is 21.5 Å². The summed E-state index contributed by atoms with van der Waals surface area (Å²) < 4.78 is 27.6. The fourth-order valence-corrected chi connectivity index (χ4v) is 4.54. The fourth-order valence-electron chi connectivity index (χ4n) is 2.73. The maximum Gasteiger partial charge on any atom is 0.261 e. The molecule has 3 rings (SSSR count). The molecule has 0 bridgehead atoms. The van der Waals surface area contributed by atoms with E-state index in [4.69, 9.17) is 0 Å². The maximum absolute atomic E-state index is 12.5. The molecule has 7 heteroatoms. The third-order valence-electron chi connectivity index (χ3n) is 4.39. The Balaban J connectivity index is 1.56. The number of hydrogen-bond donors (Lipinski definition) is 2. The average molecular weight is 441 g/mol. The second-order valence-electron chi connectivity index (χ2n) is 6.92. The summed E-state index contributed by atoms with van der Waals surface area (Å²) >= 11 is 1.67. The van der Waals surface area contributed by atoms with Crippen molar-refractivity contribution in [2.75, 3.05) is 17.0 Å². The number of carbonyl (C=O) groups is 1. The summed E-state index contributed by atoms with van der Waals surface area (Å²) in [5.41, 5.74) is 2.94. The Morgan fingerprint density at radius 3 is 2.20 bits per heavy atom. The monoisotopic (exact) mass is 440 g/mol. The van der Waals surface area contributed by atoms with E-state index in [0.717, 1.165) is 16.2 Å². The SMILES string of the molecule is Cc1ccc(SCCNC(=O)c2cccc(NS(=O)(=O)c3ccc(C)cc3)c2)cc1. The second kappa shape index (κ2) is 9.82. The number of rotatable bonds is 8. The minimum Gasteiger partial charge on any atom is -0.351 e. The average Bonchev–Trinajstić information content (AvgIpc) is 2.72. The van der Waals surface area contributed by atoms with E-state index in [1.807, 2.05) is 13.8 Å². The molecular formula is C23H24N2O3S2. The molecule has 3 aromatic carbocycles. The van der Waals surface area contributed by atoms with E-state index < -0.39 is 10.0 Å². The standard InChI is InChI=1S/C23H24N2O3S2/c1-17-6-10-21(11-7-17)29-15-14-24-23(26)19-4-3-5-20(16-19)25-30(27,28)22-12-8-18(2)9-13-22/h3-13,16,25H,14-15H2,1-2H3,(H,24,26). The lowest BCUT2D eigenvalue weighted by atomic mass is 10.2. The van der Waals surface area contributed by atoms with Gasteiger partial charge in [-0.15, -0.1) is 11.8 Å². The quantitative estimate of drug-likeness (QED) is 0.396. The van der Waals surface area contributed by atoms with Crippen LogP contribution in [0.25, 0.3) is 0 Å². The van der Waals surface area contributed by atoms with E-state index in [1.165, 1.54) is 11.6 Å². The summed E-state index contributed by atoms with van der Waals surface area (Å²) in [5.74, 6) is 0.505. The van der Waals surface area contributed by atoms with E-state index in [2.05, 4.69) is 34.3 Å². The summed E-state index contributed by atoms with van der Waals surface area (Å²) in [6.07, 6.45) is 0. The van der Waals surface area contributed by atoms with Crippen molar-refractivity contribution in [1.82, 2.24) is 5.32 Å². The summed E-state index contributed by atoms with van der Waals surface area (Å²) in [4.78, 5) is 13.8. The summed E-state index contributed by atoms with van der Waals surface area (Å²) in [6.45, 7) is 4.45. The van der Waals surface area contributed by atoms with Crippen molar-refractivity contribution in [3.63, 3.8) is 0 Å². The number of thioether (sulfide) groups is 1. The molecule has 3 aromatic rings. The third kappa shape index (κ3) is 6.11. The lowest BCUT2D eigenvalue weighted by Crippen LogP contribution is -2.25. The predicted octanol–water partition coefficient (Wildman–Crippen LogP) is 4.63. The van der Waals surface area contributed by atoms with Crippen LogP contribution in [0.15, 0.2) is 82.6 Å².